The van der Waals surface area contributed by atoms with Crippen LogP contribution in [0.1, 0.15) is 10.4 Å². The molecule has 0 fully saturated rings. The Bertz CT molecular complexity index is 775. The van der Waals surface area contributed by atoms with Gasteiger partial charge in [0.15, 0.2) is 5.82 Å². The third-order valence-electron chi connectivity index (χ3n) is 3.09. The lowest BCUT2D eigenvalue weighted by atomic mass is 10.1. The van der Waals surface area contributed by atoms with E-state index in [1.807, 2.05) is 30.5 Å². The number of anilines is 1. The maximum absolute atomic E-state index is 11.0. The van der Waals surface area contributed by atoms with E-state index in [0.29, 0.717) is 11.4 Å². The van der Waals surface area contributed by atoms with Crippen LogP contribution in [0.2, 0.25) is 0 Å². The summed E-state index contributed by atoms with van der Waals surface area (Å²) in [6.45, 7) is 0. The van der Waals surface area contributed by atoms with Crippen LogP contribution in [0, 0.1) is 0 Å². The highest BCUT2D eigenvalue weighted by Gasteiger charge is 2.06. The molecule has 2 aromatic heterocycles. The summed E-state index contributed by atoms with van der Waals surface area (Å²) in [6.07, 6.45) is 5.04. The lowest BCUT2D eigenvalue weighted by Gasteiger charge is -2.01. The van der Waals surface area contributed by atoms with E-state index in [0.717, 1.165) is 16.8 Å². The van der Waals surface area contributed by atoms with Crippen molar-refractivity contribution >= 4 is 11.6 Å². The van der Waals surface area contributed by atoms with Gasteiger partial charge in [-0.05, 0) is 29.8 Å². The van der Waals surface area contributed by atoms with E-state index in [1.54, 1.807) is 23.0 Å². The summed E-state index contributed by atoms with van der Waals surface area (Å²) in [5.74, 6) is 0.110. The van der Waals surface area contributed by atoms with Crippen LogP contribution in [-0.2, 0) is 0 Å². The molecule has 21 heavy (non-hydrogen) atoms. The Morgan fingerprint density at radius 1 is 1.00 bits per heavy atom. The molecular weight excluding hydrogens is 266 g/mol. The zero-order chi connectivity index (χ0) is 14.8. The number of aromatic nitrogens is 3. The Labute approximate surface area is 121 Å². The first-order valence-corrected chi connectivity index (χ1v) is 6.30. The third kappa shape index (κ3) is 2.59. The van der Waals surface area contributed by atoms with Crippen molar-refractivity contribution < 1.29 is 4.79 Å². The molecule has 0 unspecified atom stereocenters. The molecule has 0 bridgehead atoms. The predicted molar refractivity (Wildman–Crippen MR) is 79.7 cm³/mol. The number of pyridine rings is 1. The molecule has 0 aliphatic heterocycles. The number of hydrogen-bond donors (Lipinski definition) is 2. The monoisotopic (exact) mass is 279 g/mol. The Hall–Kier alpha value is -3.15. The molecule has 0 aliphatic rings. The quantitative estimate of drug-likeness (QED) is 0.711. The molecule has 3 rings (SSSR count). The van der Waals surface area contributed by atoms with Gasteiger partial charge in [-0.15, -0.1) is 0 Å². The molecule has 0 saturated carbocycles. The maximum atomic E-state index is 11.0. The molecule has 6 heteroatoms. The first-order chi connectivity index (χ1) is 10.1. The summed E-state index contributed by atoms with van der Waals surface area (Å²) in [7, 11) is 0. The van der Waals surface area contributed by atoms with Crippen LogP contribution >= 0.6 is 0 Å². The minimum absolute atomic E-state index is 0.365. The van der Waals surface area contributed by atoms with Crippen molar-refractivity contribution in [2.75, 3.05) is 5.73 Å². The molecule has 0 atom stereocenters. The molecule has 2 heterocycles. The minimum atomic E-state index is -0.503. The van der Waals surface area contributed by atoms with Crippen molar-refractivity contribution in [3.63, 3.8) is 0 Å². The summed E-state index contributed by atoms with van der Waals surface area (Å²) >= 11 is 0. The lowest BCUT2D eigenvalue weighted by molar-refractivity contribution is 0.1000. The average Bonchev–Trinajstić information content (AvgIpc) is 2.98. The molecule has 0 saturated heterocycles. The minimum Gasteiger partial charge on any atom is -0.399 e. The van der Waals surface area contributed by atoms with Gasteiger partial charge in [0.2, 0.25) is 5.91 Å². The molecule has 1 amide bonds. The van der Waals surface area contributed by atoms with Crippen LogP contribution in [-0.4, -0.2) is 20.7 Å². The van der Waals surface area contributed by atoms with Gasteiger partial charge in [0, 0.05) is 23.6 Å². The predicted octanol–water partition coefficient (Wildman–Crippen LogP) is 1.62. The molecule has 6 nitrogen and oxygen atoms in total. The van der Waals surface area contributed by atoms with E-state index >= 15 is 0 Å². The number of nitrogens with zero attached hydrogens (tertiary/aromatic N) is 3. The Morgan fingerprint density at radius 2 is 1.76 bits per heavy atom. The molecule has 104 valence electrons. The second-order valence-corrected chi connectivity index (χ2v) is 4.56. The average molecular weight is 279 g/mol. The normalized spacial score (nSPS) is 10.5. The number of nitrogen functional groups attached to an aromatic ring is 1. The van der Waals surface area contributed by atoms with Crippen LogP contribution < -0.4 is 11.5 Å². The number of benzene rings is 1. The van der Waals surface area contributed by atoms with Gasteiger partial charge in [0.1, 0.15) is 0 Å². The number of carbonyl (C=O) groups is 1. The zero-order valence-corrected chi connectivity index (χ0v) is 11.1. The van der Waals surface area contributed by atoms with Crippen LogP contribution in [0.25, 0.3) is 16.9 Å². The summed E-state index contributed by atoms with van der Waals surface area (Å²) in [4.78, 5) is 15.2. The molecule has 1 aromatic carbocycles. The summed E-state index contributed by atoms with van der Waals surface area (Å²) in [5.41, 5.74) is 13.9. The highest BCUT2D eigenvalue weighted by Crippen LogP contribution is 2.20. The van der Waals surface area contributed by atoms with Gasteiger partial charge in [0.05, 0.1) is 11.8 Å². The first-order valence-electron chi connectivity index (χ1n) is 6.30. The number of amides is 1. The molecule has 0 spiro atoms. The standard InChI is InChI=1S/C15H13N5O/c16-13-4-1-10(2-5-13)12-8-19-20(9-12)14-6-3-11(7-18-14)15(17)21/h1-9H,16H2,(H2,17,21). The van der Waals surface area contributed by atoms with Crippen LogP contribution in [0.4, 0.5) is 5.69 Å². The van der Waals surface area contributed by atoms with E-state index < -0.39 is 5.91 Å². The summed E-state index contributed by atoms with van der Waals surface area (Å²) in [6, 6.07) is 10.9. The van der Waals surface area contributed by atoms with Crippen LogP contribution in [0.3, 0.4) is 0 Å². The van der Waals surface area contributed by atoms with Crippen LogP contribution in [0.5, 0.6) is 0 Å². The lowest BCUT2D eigenvalue weighted by Crippen LogP contribution is -2.11. The number of carbonyl (C=O) groups excluding carboxylic acids is 1. The molecule has 4 N–H and O–H groups in total. The Balaban J connectivity index is 1.90. The SMILES string of the molecule is NC(=O)c1ccc(-n2cc(-c3ccc(N)cc3)cn2)nc1. The Morgan fingerprint density at radius 3 is 2.38 bits per heavy atom. The second kappa shape index (κ2) is 5.09. The van der Waals surface area contributed by atoms with Gasteiger partial charge in [0.25, 0.3) is 0 Å². The van der Waals surface area contributed by atoms with E-state index in [1.165, 1.54) is 6.20 Å². The molecule has 0 radical (unpaired) electrons. The van der Waals surface area contributed by atoms with E-state index in [9.17, 15) is 4.79 Å². The smallest absolute Gasteiger partial charge is 0.250 e. The van der Waals surface area contributed by atoms with Crippen molar-refractivity contribution in [3.8, 4) is 16.9 Å². The molecule has 0 aliphatic carbocycles. The van der Waals surface area contributed by atoms with Crippen molar-refractivity contribution in [3.05, 3.63) is 60.6 Å². The molecule has 3 aromatic rings. The number of primary amides is 1. The van der Waals surface area contributed by atoms with Crippen molar-refractivity contribution in [2.24, 2.45) is 5.73 Å². The fraction of sp³-hybridized carbons (Fsp3) is 0. The molecular formula is C15H13N5O. The number of hydrogen-bond acceptors (Lipinski definition) is 4. The van der Waals surface area contributed by atoms with Gasteiger partial charge in [-0.25, -0.2) is 9.67 Å². The maximum Gasteiger partial charge on any atom is 0.250 e. The van der Waals surface area contributed by atoms with Gasteiger partial charge >= 0.3 is 0 Å². The highest BCUT2D eigenvalue weighted by atomic mass is 16.1. The number of nitrogens with two attached hydrogens (primary N) is 2. The summed E-state index contributed by atoms with van der Waals surface area (Å²) < 4.78 is 1.64. The second-order valence-electron chi connectivity index (χ2n) is 4.56. The first kappa shape index (κ1) is 12.9. The van der Waals surface area contributed by atoms with Gasteiger partial charge < -0.3 is 11.5 Å². The van der Waals surface area contributed by atoms with E-state index in [2.05, 4.69) is 10.1 Å². The third-order valence-corrected chi connectivity index (χ3v) is 3.09. The zero-order valence-electron chi connectivity index (χ0n) is 11.1. The van der Waals surface area contributed by atoms with Gasteiger partial charge in [-0.2, -0.15) is 5.10 Å². The van der Waals surface area contributed by atoms with Gasteiger partial charge in [-0.3, -0.25) is 4.79 Å². The van der Waals surface area contributed by atoms with Crippen molar-refractivity contribution in [2.45, 2.75) is 0 Å². The van der Waals surface area contributed by atoms with E-state index in [4.69, 9.17) is 11.5 Å². The van der Waals surface area contributed by atoms with Gasteiger partial charge in [-0.1, -0.05) is 12.1 Å². The highest BCUT2D eigenvalue weighted by molar-refractivity contribution is 5.92. The fourth-order valence-electron chi connectivity index (χ4n) is 1.94. The van der Waals surface area contributed by atoms with Crippen molar-refractivity contribution in [1.82, 2.24) is 14.8 Å². The fourth-order valence-corrected chi connectivity index (χ4v) is 1.94. The van der Waals surface area contributed by atoms with E-state index in [-0.39, 0.29) is 0 Å². The largest absolute Gasteiger partial charge is 0.399 e. The summed E-state index contributed by atoms with van der Waals surface area (Å²) in [5, 5.41) is 4.27. The van der Waals surface area contributed by atoms with Crippen LogP contribution in [0.15, 0.2) is 55.0 Å². The van der Waals surface area contributed by atoms with Crippen molar-refractivity contribution in [1.29, 1.82) is 0 Å². The number of rotatable bonds is 3. The Kier molecular flexibility index (Phi) is 3.12. The topological polar surface area (TPSA) is 99.8 Å².